The fraction of sp³-hybridized carbons (Fsp3) is 0.333. The van der Waals surface area contributed by atoms with Gasteiger partial charge in [0.15, 0.2) is 0 Å². The van der Waals surface area contributed by atoms with E-state index in [1.165, 1.54) is 10.5 Å². The van der Waals surface area contributed by atoms with Crippen LogP contribution in [0.1, 0.15) is 26.3 Å². The topological polar surface area (TPSA) is 9.23 Å². The molecule has 0 atom stereocenters. The molecule has 106 valence electrons. The van der Waals surface area contributed by atoms with Crippen LogP contribution < -0.4 is 4.74 Å². The second kappa shape index (κ2) is 6.85. The maximum absolute atomic E-state index is 5.77. The number of thioether (sulfide) groups is 1. The molecule has 0 bridgehead atoms. The normalized spacial score (nSPS) is 11.3. The SMILES string of the molecule is CC(C)(C)c1ccc(OCCSc2ccccc2)cc1. The Kier molecular flexibility index (Phi) is 5.13. The van der Waals surface area contributed by atoms with Crippen LogP contribution in [0.25, 0.3) is 0 Å². The first-order valence-electron chi connectivity index (χ1n) is 6.97. The van der Waals surface area contributed by atoms with Gasteiger partial charge in [0, 0.05) is 10.6 Å². The highest BCUT2D eigenvalue weighted by Crippen LogP contribution is 2.24. The summed E-state index contributed by atoms with van der Waals surface area (Å²) in [5, 5.41) is 0. The average molecular weight is 286 g/mol. The van der Waals surface area contributed by atoms with Crippen molar-refractivity contribution in [2.45, 2.75) is 31.1 Å². The molecule has 2 aromatic rings. The highest BCUT2D eigenvalue weighted by Gasteiger charge is 2.12. The van der Waals surface area contributed by atoms with Crippen LogP contribution in [0, 0.1) is 0 Å². The van der Waals surface area contributed by atoms with Gasteiger partial charge in [0.1, 0.15) is 5.75 Å². The van der Waals surface area contributed by atoms with Crippen LogP contribution in [-0.2, 0) is 5.41 Å². The first kappa shape index (κ1) is 15.0. The third-order valence-corrected chi connectivity index (χ3v) is 4.06. The lowest BCUT2D eigenvalue weighted by molar-refractivity contribution is 0.343. The Labute approximate surface area is 126 Å². The molecule has 0 radical (unpaired) electrons. The molecule has 0 aliphatic heterocycles. The lowest BCUT2D eigenvalue weighted by Crippen LogP contribution is -2.10. The summed E-state index contributed by atoms with van der Waals surface area (Å²) in [5.41, 5.74) is 1.53. The van der Waals surface area contributed by atoms with Gasteiger partial charge in [0.2, 0.25) is 0 Å². The van der Waals surface area contributed by atoms with E-state index in [-0.39, 0.29) is 5.41 Å². The predicted molar refractivity (Wildman–Crippen MR) is 87.8 cm³/mol. The van der Waals surface area contributed by atoms with Crippen LogP contribution in [0.2, 0.25) is 0 Å². The maximum atomic E-state index is 5.77. The highest BCUT2D eigenvalue weighted by atomic mass is 32.2. The van der Waals surface area contributed by atoms with Crippen LogP contribution >= 0.6 is 11.8 Å². The van der Waals surface area contributed by atoms with Crippen molar-refractivity contribution in [2.24, 2.45) is 0 Å². The summed E-state index contributed by atoms with van der Waals surface area (Å²) in [6, 6.07) is 18.9. The van der Waals surface area contributed by atoms with E-state index in [9.17, 15) is 0 Å². The summed E-state index contributed by atoms with van der Waals surface area (Å²) in [4.78, 5) is 1.29. The van der Waals surface area contributed by atoms with Gasteiger partial charge in [-0.3, -0.25) is 0 Å². The smallest absolute Gasteiger partial charge is 0.119 e. The molecular formula is C18H22OS. The summed E-state index contributed by atoms with van der Waals surface area (Å²) in [7, 11) is 0. The largest absolute Gasteiger partial charge is 0.493 e. The number of hydrogen-bond acceptors (Lipinski definition) is 2. The lowest BCUT2D eigenvalue weighted by Gasteiger charge is -2.19. The molecule has 0 fully saturated rings. The number of ether oxygens (including phenoxy) is 1. The molecule has 0 aliphatic carbocycles. The molecule has 0 spiro atoms. The van der Waals surface area contributed by atoms with E-state index in [0.29, 0.717) is 0 Å². The van der Waals surface area contributed by atoms with Gasteiger partial charge in [-0.2, -0.15) is 0 Å². The Hall–Kier alpha value is -1.41. The Balaban J connectivity index is 1.77. The number of rotatable bonds is 5. The standard InChI is InChI=1S/C18H22OS/c1-18(2,3)15-9-11-16(12-10-15)19-13-14-20-17-7-5-4-6-8-17/h4-12H,13-14H2,1-3H3. The summed E-state index contributed by atoms with van der Waals surface area (Å²) < 4.78 is 5.77. The van der Waals surface area contributed by atoms with E-state index in [1.807, 2.05) is 17.8 Å². The molecule has 0 unspecified atom stereocenters. The highest BCUT2D eigenvalue weighted by molar-refractivity contribution is 7.99. The fourth-order valence-corrected chi connectivity index (χ4v) is 2.64. The van der Waals surface area contributed by atoms with E-state index in [1.54, 1.807) is 0 Å². The van der Waals surface area contributed by atoms with Gasteiger partial charge in [0.05, 0.1) is 6.61 Å². The zero-order chi connectivity index (χ0) is 14.4. The fourth-order valence-electron chi connectivity index (χ4n) is 1.89. The van der Waals surface area contributed by atoms with Gasteiger partial charge in [-0.1, -0.05) is 51.1 Å². The average Bonchev–Trinajstić information content (AvgIpc) is 2.44. The zero-order valence-electron chi connectivity index (χ0n) is 12.4. The van der Waals surface area contributed by atoms with E-state index in [4.69, 9.17) is 4.74 Å². The Morgan fingerprint density at radius 3 is 2.15 bits per heavy atom. The lowest BCUT2D eigenvalue weighted by atomic mass is 9.87. The third kappa shape index (κ3) is 4.61. The molecule has 2 aromatic carbocycles. The summed E-state index contributed by atoms with van der Waals surface area (Å²) in [6.07, 6.45) is 0. The minimum Gasteiger partial charge on any atom is -0.493 e. The quantitative estimate of drug-likeness (QED) is 0.555. The second-order valence-corrected chi connectivity index (χ2v) is 6.95. The van der Waals surface area contributed by atoms with Crippen molar-refractivity contribution < 1.29 is 4.74 Å². The van der Waals surface area contributed by atoms with Gasteiger partial charge >= 0.3 is 0 Å². The van der Waals surface area contributed by atoms with Gasteiger partial charge < -0.3 is 4.74 Å². The molecule has 0 saturated heterocycles. The van der Waals surface area contributed by atoms with E-state index < -0.39 is 0 Å². The van der Waals surface area contributed by atoms with Crippen molar-refractivity contribution in [3.63, 3.8) is 0 Å². The Morgan fingerprint density at radius 2 is 1.55 bits per heavy atom. The minimum absolute atomic E-state index is 0.196. The van der Waals surface area contributed by atoms with Crippen LogP contribution in [-0.4, -0.2) is 12.4 Å². The molecule has 0 heterocycles. The molecule has 0 saturated carbocycles. The summed E-state index contributed by atoms with van der Waals surface area (Å²) >= 11 is 1.82. The Bertz CT molecular complexity index is 511. The molecule has 0 amide bonds. The number of benzene rings is 2. The first-order chi connectivity index (χ1) is 9.55. The minimum atomic E-state index is 0.196. The van der Waals surface area contributed by atoms with Crippen LogP contribution in [0.3, 0.4) is 0 Å². The molecule has 0 N–H and O–H groups in total. The van der Waals surface area contributed by atoms with Crippen LogP contribution in [0.5, 0.6) is 5.75 Å². The molecule has 2 heteroatoms. The summed E-state index contributed by atoms with van der Waals surface area (Å²) in [5.74, 6) is 1.91. The van der Waals surface area contributed by atoms with Gasteiger partial charge in [-0.05, 0) is 35.2 Å². The Morgan fingerprint density at radius 1 is 0.900 bits per heavy atom. The van der Waals surface area contributed by atoms with Gasteiger partial charge in [-0.15, -0.1) is 11.8 Å². The molecule has 20 heavy (non-hydrogen) atoms. The van der Waals surface area contributed by atoms with Crippen molar-refractivity contribution in [1.29, 1.82) is 0 Å². The zero-order valence-corrected chi connectivity index (χ0v) is 13.2. The third-order valence-electron chi connectivity index (χ3n) is 3.08. The van der Waals surface area contributed by atoms with Crippen molar-refractivity contribution in [2.75, 3.05) is 12.4 Å². The van der Waals surface area contributed by atoms with E-state index >= 15 is 0 Å². The van der Waals surface area contributed by atoms with Crippen LogP contribution in [0.15, 0.2) is 59.5 Å². The first-order valence-corrected chi connectivity index (χ1v) is 7.95. The van der Waals surface area contributed by atoms with Crippen molar-refractivity contribution in [3.8, 4) is 5.75 Å². The van der Waals surface area contributed by atoms with Gasteiger partial charge in [-0.25, -0.2) is 0 Å². The summed E-state index contributed by atoms with van der Waals surface area (Å²) in [6.45, 7) is 7.40. The van der Waals surface area contributed by atoms with E-state index in [2.05, 4.69) is 69.3 Å². The van der Waals surface area contributed by atoms with E-state index in [0.717, 1.165) is 18.1 Å². The molecular weight excluding hydrogens is 264 g/mol. The molecule has 1 nitrogen and oxygen atoms in total. The molecule has 0 aliphatic rings. The van der Waals surface area contributed by atoms with Crippen molar-refractivity contribution in [3.05, 3.63) is 60.2 Å². The molecule has 2 rings (SSSR count). The maximum Gasteiger partial charge on any atom is 0.119 e. The molecule has 0 aromatic heterocycles. The van der Waals surface area contributed by atoms with Gasteiger partial charge in [0.25, 0.3) is 0 Å². The monoisotopic (exact) mass is 286 g/mol. The second-order valence-electron chi connectivity index (χ2n) is 5.78. The predicted octanol–water partition coefficient (Wildman–Crippen LogP) is 5.16. The number of hydrogen-bond donors (Lipinski definition) is 0. The van der Waals surface area contributed by atoms with Crippen molar-refractivity contribution >= 4 is 11.8 Å². The van der Waals surface area contributed by atoms with Crippen LogP contribution in [0.4, 0.5) is 0 Å². The van der Waals surface area contributed by atoms with Crippen molar-refractivity contribution in [1.82, 2.24) is 0 Å².